The van der Waals surface area contributed by atoms with Crippen molar-refractivity contribution in [2.24, 2.45) is 0 Å². The molecule has 0 heterocycles. The lowest BCUT2D eigenvalue weighted by Crippen LogP contribution is -2.34. The van der Waals surface area contributed by atoms with Crippen LogP contribution in [0.1, 0.15) is 70.6 Å². The summed E-state index contributed by atoms with van der Waals surface area (Å²) in [5.74, 6) is 0. The van der Waals surface area contributed by atoms with Crippen LogP contribution >= 0.6 is 0 Å². The normalized spacial score (nSPS) is 20.0. The SMILES string of the molecule is C[Si](C)O[Si](C)(C)CC=C1CCCCCCCCCCC1. The third-order valence-electron chi connectivity index (χ3n) is 4.36. The Hall–Kier alpha value is 0.134. The molecule has 0 spiro atoms. The highest BCUT2D eigenvalue weighted by molar-refractivity contribution is 6.78. The van der Waals surface area contributed by atoms with E-state index >= 15 is 0 Å². The summed E-state index contributed by atoms with van der Waals surface area (Å²) in [6, 6.07) is 1.22. The minimum absolute atomic E-state index is 0.543. The van der Waals surface area contributed by atoms with Crippen LogP contribution in [0, 0.1) is 0 Å². The van der Waals surface area contributed by atoms with Crippen LogP contribution < -0.4 is 0 Å². The van der Waals surface area contributed by atoms with Gasteiger partial charge in [0, 0.05) is 0 Å². The maximum absolute atomic E-state index is 6.26. The van der Waals surface area contributed by atoms with Crippen LogP contribution in [0.5, 0.6) is 0 Å². The molecule has 3 heteroatoms. The van der Waals surface area contributed by atoms with Crippen LogP contribution in [0.25, 0.3) is 0 Å². The van der Waals surface area contributed by atoms with Gasteiger partial charge in [-0.3, -0.25) is 0 Å². The van der Waals surface area contributed by atoms with E-state index in [2.05, 4.69) is 32.3 Å². The fourth-order valence-electron chi connectivity index (χ4n) is 3.26. The summed E-state index contributed by atoms with van der Waals surface area (Å²) in [7, 11) is -1.99. The van der Waals surface area contributed by atoms with Crippen molar-refractivity contribution < 1.29 is 4.12 Å². The Bertz CT molecular complexity index is 284. The molecule has 1 nitrogen and oxygen atoms in total. The summed E-state index contributed by atoms with van der Waals surface area (Å²) in [5.41, 5.74) is 1.74. The standard InChI is InChI=1S/C18H37OSi2/c1-20(2)19-21(3,4)17-16-18-14-12-10-8-6-5-7-9-11-13-15-18/h16H,5-15,17H2,1-4H3. The minimum atomic E-state index is -1.45. The number of rotatable bonds is 4. The molecular weight excluding hydrogens is 288 g/mol. The molecule has 0 amide bonds. The van der Waals surface area contributed by atoms with Crippen LogP contribution in [0.2, 0.25) is 32.2 Å². The van der Waals surface area contributed by atoms with Crippen LogP contribution in [-0.2, 0) is 4.12 Å². The van der Waals surface area contributed by atoms with E-state index < -0.39 is 17.4 Å². The zero-order valence-corrected chi connectivity index (χ0v) is 17.0. The average Bonchev–Trinajstić information content (AvgIpc) is 2.36. The highest BCUT2D eigenvalue weighted by atomic mass is 28.4. The van der Waals surface area contributed by atoms with Crippen molar-refractivity contribution in [2.75, 3.05) is 0 Å². The van der Waals surface area contributed by atoms with Crippen molar-refractivity contribution in [2.45, 2.75) is 103 Å². The second-order valence-electron chi connectivity index (χ2n) is 7.52. The molecule has 1 aliphatic carbocycles. The predicted molar refractivity (Wildman–Crippen MR) is 99.7 cm³/mol. The summed E-state index contributed by atoms with van der Waals surface area (Å²) >= 11 is 0. The summed E-state index contributed by atoms with van der Waals surface area (Å²) in [4.78, 5) is 0. The lowest BCUT2D eigenvalue weighted by Gasteiger charge is -2.24. The Morgan fingerprint density at radius 1 is 0.857 bits per heavy atom. The van der Waals surface area contributed by atoms with Crippen LogP contribution in [0.15, 0.2) is 11.6 Å². The Labute approximate surface area is 136 Å². The van der Waals surface area contributed by atoms with Crippen molar-refractivity contribution in [3.8, 4) is 0 Å². The highest BCUT2D eigenvalue weighted by Crippen LogP contribution is 2.23. The van der Waals surface area contributed by atoms with Crippen molar-refractivity contribution in [1.29, 1.82) is 0 Å². The highest BCUT2D eigenvalue weighted by Gasteiger charge is 2.22. The summed E-state index contributed by atoms with van der Waals surface area (Å²) in [5, 5.41) is 0. The molecule has 0 atom stereocenters. The van der Waals surface area contributed by atoms with E-state index in [0.29, 0.717) is 0 Å². The van der Waals surface area contributed by atoms with E-state index in [-0.39, 0.29) is 0 Å². The second-order valence-corrected chi connectivity index (χ2v) is 14.1. The first-order valence-corrected chi connectivity index (χ1v) is 14.7. The molecule has 0 N–H and O–H groups in total. The molecule has 0 unspecified atom stereocenters. The quantitative estimate of drug-likeness (QED) is 0.413. The molecule has 1 aliphatic rings. The first-order valence-electron chi connectivity index (χ1n) is 9.17. The van der Waals surface area contributed by atoms with Gasteiger partial charge in [-0.15, -0.1) is 0 Å². The largest absolute Gasteiger partial charge is 0.455 e. The fraction of sp³-hybridized carbons (Fsp3) is 0.889. The molecule has 21 heavy (non-hydrogen) atoms. The Morgan fingerprint density at radius 2 is 1.29 bits per heavy atom. The molecular formula is C18H37OSi2. The van der Waals surface area contributed by atoms with Crippen molar-refractivity contribution in [3.63, 3.8) is 0 Å². The van der Waals surface area contributed by atoms with Gasteiger partial charge in [0.1, 0.15) is 0 Å². The van der Waals surface area contributed by atoms with Crippen molar-refractivity contribution in [1.82, 2.24) is 0 Å². The number of hydrogen-bond acceptors (Lipinski definition) is 1. The first-order chi connectivity index (χ1) is 9.99. The topological polar surface area (TPSA) is 9.23 Å². The van der Waals surface area contributed by atoms with E-state index in [1.54, 1.807) is 5.57 Å². The van der Waals surface area contributed by atoms with Gasteiger partial charge in [0.05, 0.1) is 0 Å². The van der Waals surface area contributed by atoms with Crippen molar-refractivity contribution >= 4 is 17.4 Å². The van der Waals surface area contributed by atoms with E-state index in [0.717, 1.165) is 0 Å². The van der Waals surface area contributed by atoms with Gasteiger partial charge >= 0.3 is 0 Å². The summed E-state index contributed by atoms with van der Waals surface area (Å²) < 4.78 is 6.26. The number of hydrogen-bond donors (Lipinski definition) is 0. The molecule has 1 saturated carbocycles. The number of allylic oxidation sites excluding steroid dienone is 2. The third kappa shape index (κ3) is 10.5. The van der Waals surface area contributed by atoms with Gasteiger partial charge in [0.2, 0.25) is 0 Å². The van der Waals surface area contributed by atoms with Crippen LogP contribution in [-0.4, -0.2) is 17.4 Å². The first kappa shape index (κ1) is 19.2. The molecule has 1 fully saturated rings. The summed E-state index contributed by atoms with van der Waals surface area (Å²) in [6.07, 6.45) is 18.3. The Balaban J connectivity index is 2.47. The lowest BCUT2D eigenvalue weighted by molar-refractivity contribution is 0.539. The molecule has 0 aliphatic heterocycles. The van der Waals surface area contributed by atoms with Crippen LogP contribution in [0.3, 0.4) is 0 Å². The zero-order chi connectivity index (χ0) is 15.6. The third-order valence-corrected chi connectivity index (χ3v) is 9.39. The minimum Gasteiger partial charge on any atom is -0.455 e. The van der Waals surface area contributed by atoms with E-state index in [9.17, 15) is 0 Å². The molecule has 123 valence electrons. The Morgan fingerprint density at radius 3 is 1.71 bits per heavy atom. The fourth-order valence-corrected chi connectivity index (χ4v) is 8.79. The van der Waals surface area contributed by atoms with Gasteiger partial charge < -0.3 is 4.12 Å². The molecule has 0 bridgehead atoms. The van der Waals surface area contributed by atoms with Gasteiger partial charge in [0.25, 0.3) is 0 Å². The lowest BCUT2D eigenvalue weighted by atomic mass is 9.97. The predicted octanol–water partition coefficient (Wildman–Crippen LogP) is 6.69. The molecule has 1 rings (SSSR count). The molecule has 0 aromatic rings. The summed E-state index contributed by atoms with van der Waals surface area (Å²) in [6.45, 7) is 9.30. The zero-order valence-electron chi connectivity index (χ0n) is 15.0. The molecule has 1 radical (unpaired) electrons. The van der Waals surface area contributed by atoms with E-state index in [1.165, 1.54) is 76.7 Å². The van der Waals surface area contributed by atoms with Gasteiger partial charge in [-0.25, -0.2) is 0 Å². The van der Waals surface area contributed by atoms with E-state index in [1.807, 2.05) is 0 Å². The molecule has 0 aromatic carbocycles. The Kier molecular flexibility index (Phi) is 9.86. The van der Waals surface area contributed by atoms with E-state index in [4.69, 9.17) is 4.12 Å². The van der Waals surface area contributed by atoms with Gasteiger partial charge in [-0.1, -0.05) is 56.6 Å². The molecule has 0 aromatic heterocycles. The monoisotopic (exact) mass is 325 g/mol. The van der Waals surface area contributed by atoms with Crippen LogP contribution in [0.4, 0.5) is 0 Å². The van der Waals surface area contributed by atoms with Gasteiger partial charge in [-0.05, 0) is 57.9 Å². The van der Waals surface area contributed by atoms with Crippen molar-refractivity contribution in [3.05, 3.63) is 11.6 Å². The maximum atomic E-state index is 6.26. The smallest absolute Gasteiger partial charge is 0.191 e. The average molecular weight is 326 g/mol. The maximum Gasteiger partial charge on any atom is 0.191 e. The van der Waals surface area contributed by atoms with Gasteiger partial charge in [0.15, 0.2) is 17.4 Å². The molecule has 0 saturated heterocycles. The second kappa shape index (κ2) is 10.8. The van der Waals surface area contributed by atoms with Gasteiger partial charge in [-0.2, -0.15) is 0 Å².